The average Bonchev–Trinajstić information content (AvgIpc) is 2.91. The van der Waals surface area contributed by atoms with E-state index < -0.39 is 23.5 Å². The minimum absolute atomic E-state index is 0.0479. The second-order valence-electron chi connectivity index (χ2n) is 5.47. The van der Waals surface area contributed by atoms with Gasteiger partial charge >= 0.3 is 6.03 Å². The number of benzene rings is 1. The van der Waals surface area contributed by atoms with E-state index in [-0.39, 0.29) is 27.2 Å². The largest absolute Gasteiger partial charge is 0.494 e. The molecule has 3 rings (SSSR count). The molecule has 0 bridgehead atoms. The molecule has 26 heavy (non-hydrogen) atoms. The highest BCUT2D eigenvalue weighted by molar-refractivity contribution is 6.32. The average molecular weight is 377 g/mol. The number of rotatable bonds is 4. The van der Waals surface area contributed by atoms with E-state index in [2.05, 4.69) is 15.3 Å². The Labute approximate surface area is 152 Å². The molecule has 0 saturated heterocycles. The number of amides is 1. The zero-order valence-electron chi connectivity index (χ0n) is 13.7. The van der Waals surface area contributed by atoms with E-state index in [0.29, 0.717) is 13.0 Å². The van der Waals surface area contributed by atoms with Crippen molar-refractivity contribution in [3.63, 3.8) is 0 Å². The molecule has 1 aromatic carbocycles. The van der Waals surface area contributed by atoms with Gasteiger partial charge < -0.3 is 10.4 Å². The molecule has 0 aliphatic carbocycles. The number of nitrogens with one attached hydrogen (secondary N) is 1. The van der Waals surface area contributed by atoms with Crippen molar-refractivity contribution in [2.75, 3.05) is 6.54 Å². The third-order valence-electron chi connectivity index (χ3n) is 3.74. The van der Waals surface area contributed by atoms with Gasteiger partial charge in [0, 0.05) is 24.3 Å². The van der Waals surface area contributed by atoms with Crippen LogP contribution in [-0.4, -0.2) is 38.0 Å². The van der Waals surface area contributed by atoms with E-state index in [1.807, 2.05) is 6.92 Å². The van der Waals surface area contributed by atoms with Crippen molar-refractivity contribution in [2.45, 2.75) is 13.3 Å². The van der Waals surface area contributed by atoms with Gasteiger partial charge in [0.25, 0.3) is 0 Å². The molecular weight excluding hydrogens is 363 g/mol. The molecule has 0 radical (unpaired) electrons. The van der Waals surface area contributed by atoms with Gasteiger partial charge in [0.05, 0.1) is 22.3 Å². The van der Waals surface area contributed by atoms with Crippen LogP contribution in [0.25, 0.3) is 10.9 Å². The molecule has 134 valence electrons. The first-order valence-electron chi connectivity index (χ1n) is 7.77. The summed E-state index contributed by atoms with van der Waals surface area (Å²) in [5.74, 6) is -2.09. The smallest absolute Gasteiger partial charge is 0.328 e. The van der Waals surface area contributed by atoms with Crippen LogP contribution in [0.2, 0.25) is 5.02 Å². The van der Waals surface area contributed by atoms with Gasteiger partial charge in [0.15, 0.2) is 0 Å². The quantitative estimate of drug-likeness (QED) is 0.682. The number of nitrogens with zero attached hydrogens (tertiary/aromatic N) is 3. The summed E-state index contributed by atoms with van der Waals surface area (Å²) < 4.78 is 14.9. The van der Waals surface area contributed by atoms with Crippen molar-refractivity contribution >= 4 is 34.3 Å². The Hall–Kier alpha value is -3.00. The van der Waals surface area contributed by atoms with Gasteiger partial charge in [0.1, 0.15) is 11.5 Å². The molecule has 0 spiro atoms. The summed E-state index contributed by atoms with van der Waals surface area (Å²) in [5, 5.41) is 13.0. The number of carbonyl (C=O) groups excluding carboxylic acids is 2. The number of hydrogen-bond acceptors (Lipinski definition) is 5. The van der Waals surface area contributed by atoms with Gasteiger partial charge in [-0.05, 0) is 18.6 Å². The van der Waals surface area contributed by atoms with Crippen LogP contribution < -0.4 is 5.32 Å². The SMILES string of the molecule is CCCNC(=O)n1c(O)c(C(=O)c2cnccn2)c2cc(F)c(Cl)cc21. The first-order valence-corrected chi connectivity index (χ1v) is 8.14. The maximum atomic E-state index is 14.0. The Morgan fingerprint density at radius 1 is 1.35 bits per heavy atom. The van der Waals surface area contributed by atoms with Crippen LogP contribution in [0.3, 0.4) is 0 Å². The summed E-state index contributed by atoms with van der Waals surface area (Å²) in [6.45, 7) is 2.23. The molecule has 3 aromatic rings. The number of halogens is 2. The molecule has 2 aromatic heterocycles. The molecule has 0 aliphatic rings. The molecule has 0 saturated carbocycles. The summed E-state index contributed by atoms with van der Waals surface area (Å²) >= 11 is 5.82. The standard InChI is InChI=1S/C17H14ClFN4O3/c1-2-3-22-17(26)23-13-7-10(18)11(19)6-9(13)14(16(23)25)15(24)12-8-20-4-5-21-12/h4-8,25H,2-3H2,1H3,(H,22,26). The molecule has 2 heterocycles. The summed E-state index contributed by atoms with van der Waals surface area (Å²) in [6, 6.07) is 1.53. The highest BCUT2D eigenvalue weighted by atomic mass is 35.5. The fourth-order valence-electron chi connectivity index (χ4n) is 2.55. The highest BCUT2D eigenvalue weighted by Crippen LogP contribution is 2.35. The van der Waals surface area contributed by atoms with Crippen LogP contribution in [0.1, 0.15) is 29.4 Å². The van der Waals surface area contributed by atoms with Crippen LogP contribution in [-0.2, 0) is 0 Å². The van der Waals surface area contributed by atoms with Crippen LogP contribution in [0.5, 0.6) is 5.88 Å². The zero-order chi connectivity index (χ0) is 18.8. The van der Waals surface area contributed by atoms with E-state index >= 15 is 0 Å². The second-order valence-corrected chi connectivity index (χ2v) is 5.88. The predicted molar refractivity (Wildman–Crippen MR) is 93.1 cm³/mol. The van der Waals surface area contributed by atoms with E-state index in [0.717, 1.165) is 10.6 Å². The summed E-state index contributed by atoms with van der Waals surface area (Å²) in [4.78, 5) is 32.9. The maximum Gasteiger partial charge on any atom is 0.328 e. The normalized spacial score (nSPS) is 10.9. The van der Waals surface area contributed by atoms with Gasteiger partial charge in [-0.3, -0.25) is 9.78 Å². The second kappa shape index (κ2) is 7.09. The molecule has 0 aliphatic heterocycles. The zero-order valence-corrected chi connectivity index (χ0v) is 14.4. The van der Waals surface area contributed by atoms with Crippen molar-refractivity contribution in [2.24, 2.45) is 0 Å². The van der Waals surface area contributed by atoms with Crippen molar-refractivity contribution in [1.29, 1.82) is 0 Å². The molecule has 2 N–H and O–H groups in total. The van der Waals surface area contributed by atoms with E-state index in [1.165, 1.54) is 24.7 Å². The number of carbonyl (C=O) groups is 2. The van der Waals surface area contributed by atoms with E-state index in [1.54, 1.807) is 0 Å². The van der Waals surface area contributed by atoms with Crippen LogP contribution in [0.15, 0.2) is 30.7 Å². The fraction of sp³-hybridized carbons (Fsp3) is 0.176. The van der Waals surface area contributed by atoms with Crippen LogP contribution >= 0.6 is 11.6 Å². The van der Waals surface area contributed by atoms with Gasteiger partial charge in [-0.1, -0.05) is 18.5 Å². The lowest BCUT2D eigenvalue weighted by Crippen LogP contribution is -2.28. The third kappa shape index (κ3) is 2.99. The van der Waals surface area contributed by atoms with Crippen molar-refractivity contribution in [3.05, 3.63) is 52.8 Å². The fourth-order valence-corrected chi connectivity index (χ4v) is 2.71. The number of ketones is 1. The van der Waals surface area contributed by atoms with E-state index in [4.69, 9.17) is 11.6 Å². The van der Waals surface area contributed by atoms with Gasteiger partial charge in [0.2, 0.25) is 11.7 Å². The number of fused-ring (bicyclic) bond motifs is 1. The maximum absolute atomic E-state index is 14.0. The predicted octanol–water partition coefficient (Wildman–Crippen LogP) is 3.13. The van der Waals surface area contributed by atoms with Crippen molar-refractivity contribution in [3.8, 4) is 5.88 Å². The lowest BCUT2D eigenvalue weighted by molar-refractivity contribution is 0.103. The number of aromatic nitrogens is 3. The Morgan fingerprint density at radius 2 is 2.12 bits per heavy atom. The molecule has 1 amide bonds. The molecule has 0 unspecified atom stereocenters. The number of hydrogen-bond donors (Lipinski definition) is 2. The molecule has 7 nitrogen and oxygen atoms in total. The van der Waals surface area contributed by atoms with Crippen LogP contribution in [0.4, 0.5) is 9.18 Å². The molecule has 0 atom stereocenters. The summed E-state index contributed by atoms with van der Waals surface area (Å²) in [5.41, 5.74) is -0.191. The first-order chi connectivity index (χ1) is 12.5. The van der Waals surface area contributed by atoms with Crippen molar-refractivity contribution < 1.29 is 19.1 Å². The first kappa shape index (κ1) is 17.8. The lowest BCUT2D eigenvalue weighted by Gasteiger charge is -2.07. The van der Waals surface area contributed by atoms with E-state index in [9.17, 15) is 19.1 Å². The van der Waals surface area contributed by atoms with Gasteiger partial charge in [-0.2, -0.15) is 0 Å². The monoisotopic (exact) mass is 376 g/mol. The Morgan fingerprint density at radius 3 is 2.77 bits per heavy atom. The Balaban J connectivity index is 2.26. The minimum atomic E-state index is -0.779. The molecule has 9 heteroatoms. The van der Waals surface area contributed by atoms with Gasteiger partial charge in [-0.15, -0.1) is 0 Å². The summed E-state index contributed by atoms with van der Waals surface area (Å²) in [7, 11) is 0. The topological polar surface area (TPSA) is 97.1 Å². The molecule has 0 fully saturated rings. The Bertz CT molecular complexity index is 1000. The highest BCUT2D eigenvalue weighted by Gasteiger charge is 2.28. The van der Waals surface area contributed by atoms with Gasteiger partial charge in [-0.25, -0.2) is 18.7 Å². The van der Waals surface area contributed by atoms with Crippen molar-refractivity contribution in [1.82, 2.24) is 19.9 Å². The third-order valence-corrected chi connectivity index (χ3v) is 4.03. The summed E-state index contributed by atoms with van der Waals surface area (Å²) in [6.07, 6.45) is 4.59. The molecular formula is C17H14ClFN4O3. The Kier molecular flexibility index (Phi) is 4.85. The number of aromatic hydroxyl groups is 1. The van der Waals surface area contributed by atoms with Crippen LogP contribution in [0, 0.1) is 5.82 Å². The minimum Gasteiger partial charge on any atom is -0.494 e. The lowest BCUT2D eigenvalue weighted by atomic mass is 10.1.